The van der Waals surface area contributed by atoms with Crippen LogP contribution in [0, 0.1) is 6.92 Å². The van der Waals surface area contributed by atoms with Crippen molar-refractivity contribution in [3.05, 3.63) is 34.5 Å². The molecular weight excluding hydrogens is 280 g/mol. The Morgan fingerprint density at radius 2 is 2.20 bits per heavy atom. The molecule has 7 heteroatoms. The molecule has 0 aliphatic heterocycles. The van der Waals surface area contributed by atoms with Crippen LogP contribution in [0.3, 0.4) is 0 Å². The van der Waals surface area contributed by atoms with E-state index >= 15 is 0 Å². The third kappa shape index (κ3) is 2.91. The van der Waals surface area contributed by atoms with Crippen LogP contribution in [0.4, 0.5) is 0 Å². The smallest absolute Gasteiger partial charge is 0.216 e. The van der Waals surface area contributed by atoms with E-state index in [0.29, 0.717) is 29.6 Å². The van der Waals surface area contributed by atoms with Gasteiger partial charge >= 0.3 is 0 Å². The minimum absolute atomic E-state index is 0.341. The first kappa shape index (κ1) is 14.7. The standard InChI is InChI=1S/C13H17ClN4O2/c1-4-18-10(13(14)8(2)17-18)6-11(19)9-5-12(20-3)16-7-15-9/h5,7,11,19H,4,6H2,1-3H3. The summed E-state index contributed by atoms with van der Waals surface area (Å²) in [6.07, 6.45) is 0.917. The number of hydrogen-bond acceptors (Lipinski definition) is 5. The summed E-state index contributed by atoms with van der Waals surface area (Å²) in [5.41, 5.74) is 2.06. The molecule has 2 aromatic rings. The van der Waals surface area contributed by atoms with Crippen LogP contribution in [0.5, 0.6) is 5.88 Å². The first-order chi connectivity index (χ1) is 9.56. The van der Waals surface area contributed by atoms with Crippen LogP contribution in [0.25, 0.3) is 0 Å². The molecule has 2 aromatic heterocycles. The summed E-state index contributed by atoms with van der Waals surface area (Å²) >= 11 is 6.23. The summed E-state index contributed by atoms with van der Waals surface area (Å²) < 4.78 is 6.81. The Bertz CT molecular complexity index is 600. The van der Waals surface area contributed by atoms with Gasteiger partial charge in [0.25, 0.3) is 0 Å². The summed E-state index contributed by atoms with van der Waals surface area (Å²) in [5, 5.41) is 15.2. The van der Waals surface area contributed by atoms with Crippen molar-refractivity contribution >= 4 is 11.6 Å². The predicted molar refractivity (Wildman–Crippen MR) is 74.9 cm³/mol. The summed E-state index contributed by atoms with van der Waals surface area (Å²) in [4.78, 5) is 7.98. The normalized spacial score (nSPS) is 12.4. The second-order valence-corrected chi connectivity index (χ2v) is 4.74. The van der Waals surface area contributed by atoms with Crippen molar-refractivity contribution in [2.24, 2.45) is 0 Å². The van der Waals surface area contributed by atoms with Crippen LogP contribution >= 0.6 is 11.6 Å². The monoisotopic (exact) mass is 296 g/mol. The number of aliphatic hydroxyl groups is 1. The third-order valence-corrected chi connectivity index (χ3v) is 3.54. The van der Waals surface area contributed by atoms with Crippen molar-refractivity contribution in [2.45, 2.75) is 32.9 Å². The van der Waals surface area contributed by atoms with E-state index in [4.69, 9.17) is 16.3 Å². The van der Waals surface area contributed by atoms with Gasteiger partial charge in [-0.25, -0.2) is 9.97 Å². The molecular formula is C13H17ClN4O2. The highest BCUT2D eigenvalue weighted by molar-refractivity contribution is 6.31. The van der Waals surface area contributed by atoms with Crippen LogP contribution in [0.15, 0.2) is 12.4 Å². The Kier molecular flexibility index (Phi) is 4.57. The average molecular weight is 297 g/mol. The molecule has 20 heavy (non-hydrogen) atoms. The van der Waals surface area contributed by atoms with Crippen molar-refractivity contribution in [1.82, 2.24) is 19.7 Å². The zero-order chi connectivity index (χ0) is 14.7. The molecule has 1 atom stereocenters. The minimum Gasteiger partial charge on any atom is -0.481 e. The van der Waals surface area contributed by atoms with Gasteiger partial charge in [0.2, 0.25) is 5.88 Å². The molecule has 0 saturated heterocycles. The van der Waals surface area contributed by atoms with Crippen molar-refractivity contribution in [3.63, 3.8) is 0 Å². The van der Waals surface area contributed by atoms with Gasteiger partial charge in [-0.2, -0.15) is 5.10 Å². The Labute approximate surface area is 122 Å². The molecule has 0 radical (unpaired) electrons. The van der Waals surface area contributed by atoms with Crippen molar-refractivity contribution in [3.8, 4) is 5.88 Å². The maximum atomic E-state index is 10.3. The summed E-state index contributed by atoms with van der Waals surface area (Å²) in [7, 11) is 1.52. The van der Waals surface area contributed by atoms with Crippen LogP contribution < -0.4 is 4.74 Å². The maximum Gasteiger partial charge on any atom is 0.216 e. The molecule has 0 bridgehead atoms. The first-order valence-corrected chi connectivity index (χ1v) is 6.70. The Morgan fingerprint density at radius 1 is 1.45 bits per heavy atom. The first-order valence-electron chi connectivity index (χ1n) is 6.32. The topological polar surface area (TPSA) is 73.1 Å². The molecule has 2 heterocycles. The third-order valence-electron chi connectivity index (χ3n) is 3.05. The zero-order valence-corrected chi connectivity index (χ0v) is 12.4. The Morgan fingerprint density at radius 3 is 2.85 bits per heavy atom. The molecule has 0 fully saturated rings. The van der Waals surface area contributed by atoms with Crippen LogP contribution in [-0.4, -0.2) is 32.0 Å². The summed E-state index contributed by atoms with van der Waals surface area (Å²) in [6, 6.07) is 1.61. The molecule has 108 valence electrons. The number of aryl methyl sites for hydroxylation is 2. The fraction of sp³-hybridized carbons (Fsp3) is 0.462. The zero-order valence-electron chi connectivity index (χ0n) is 11.7. The van der Waals surface area contributed by atoms with E-state index in [0.717, 1.165) is 11.4 Å². The van der Waals surface area contributed by atoms with E-state index in [1.807, 2.05) is 13.8 Å². The van der Waals surface area contributed by atoms with Gasteiger partial charge < -0.3 is 9.84 Å². The molecule has 1 unspecified atom stereocenters. The molecule has 0 aliphatic rings. The van der Waals surface area contributed by atoms with Gasteiger partial charge in [-0.1, -0.05) is 11.6 Å². The summed E-state index contributed by atoms with van der Waals surface area (Å²) in [6.45, 7) is 4.52. The van der Waals surface area contributed by atoms with Crippen molar-refractivity contribution in [2.75, 3.05) is 7.11 Å². The SMILES string of the molecule is CCn1nc(C)c(Cl)c1CC(O)c1cc(OC)ncn1. The lowest BCUT2D eigenvalue weighted by Gasteiger charge is -2.12. The molecule has 0 aromatic carbocycles. The quantitative estimate of drug-likeness (QED) is 0.913. The van der Waals surface area contributed by atoms with E-state index in [9.17, 15) is 5.11 Å². The van der Waals surface area contributed by atoms with E-state index in [1.165, 1.54) is 13.4 Å². The van der Waals surface area contributed by atoms with E-state index in [-0.39, 0.29) is 0 Å². The van der Waals surface area contributed by atoms with Gasteiger partial charge in [0.1, 0.15) is 12.4 Å². The molecule has 0 aliphatic carbocycles. The number of aromatic nitrogens is 4. The van der Waals surface area contributed by atoms with Gasteiger partial charge in [-0.05, 0) is 13.8 Å². The highest BCUT2D eigenvalue weighted by Gasteiger charge is 2.19. The summed E-state index contributed by atoms with van der Waals surface area (Å²) in [5.74, 6) is 0.417. The highest BCUT2D eigenvalue weighted by Crippen LogP contribution is 2.26. The van der Waals surface area contributed by atoms with Crippen molar-refractivity contribution < 1.29 is 9.84 Å². The van der Waals surface area contributed by atoms with Gasteiger partial charge in [0.15, 0.2) is 0 Å². The number of rotatable bonds is 5. The van der Waals surface area contributed by atoms with Crippen LogP contribution in [0.2, 0.25) is 5.02 Å². The predicted octanol–water partition coefficient (Wildman–Crippen LogP) is 1.94. The molecule has 0 spiro atoms. The van der Waals surface area contributed by atoms with Gasteiger partial charge in [0, 0.05) is 19.0 Å². The van der Waals surface area contributed by atoms with Crippen molar-refractivity contribution in [1.29, 1.82) is 0 Å². The molecule has 6 nitrogen and oxygen atoms in total. The van der Waals surface area contributed by atoms with Crippen LogP contribution in [-0.2, 0) is 13.0 Å². The van der Waals surface area contributed by atoms with Crippen LogP contribution in [0.1, 0.15) is 30.1 Å². The molecule has 2 rings (SSSR count). The average Bonchev–Trinajstić information content (AvgIpc) is 2.75. The number of methoxy groups -OCH3 is 1. The second kappa shape index (κ2) is 6.19. The highest BCUT2D eigenvalue weighted by atomic mass is 35.5. The van der Waals surface area contributed by atoms with E-state index in [2.05, 4.69) is 15.1 Å². The Hall–Kier alpha value is -1.66. The maximum absolute atomic E-state index is 10.3. The number of hydrogen-bond donors (Lipinski definition) is 1. The second-order valence-electron chi connectivity index (χ2n) is 4.37. The van der Waals surface area contributed by atoms with E-state index < -0.39 is 6.10 Å². The lowest BCUT2D eigenvalue weighted by atomic mass is 10.1. The number of aliphatic hydroxyl groups excluding tert-OH is 1. The lowest BCUT2D eigenvalue weighted by molar-refractivity contribution is 0.170. The largest absolute Gasteiger partial charge is 0.481 e. The minimum atomic E-state index is -0.786. The number of halogens is 1. The van der Waals surface area contributed by atoms with Gasteiger partial charge in [-0.15, -0.1) is 0 Å². The van der Waals surface area contributed by atoms with Gasteiger partial charge in [0.05, 0.1) is 29.2 Å². The lowest BCUT2D eigenvalue weighted by Crippen LogP contribution is -2.10. The van der Waals surface area contributed by atoms with E-state index in [1.54, 1.807) is 10.7 Å². The fourth-order valence-corrected chi connectivity index (χ4v) is 2.21. The molecule has 0 saturated carbocycles. The number of nitrogens with zero attached hydrogens (tertiary/aromatic N) is 4. The fourth-order valence-electron chi connectivity index (χ4n) is 2.00. The molecule has 1 N–H and O–H groups in total. The number of ether oxygens (including phenoxy) is 1. The van der Waals surface area contributed by atoms with Gasteiger partial charge in [-0.3, -0.25) is 4.68 Å². The Balaban J connectivity index is 2.25. The molecule has 0 amide bonds.